The fourth-order valence-corrected chi connectivity index (χ4v) is 2.91. The molecular weight excluding hydrogens is 292 g/mol. The Morgan fingerprint density at radius 1 is 1.30 bits per heavy atom. The number of piperidine rings is 1. The average molecular weight is 318 g/mol. The molecule has 23 heavy (non-hydrogen) atoms. The minimum Gasteiger partial charge on any atom is -0.465 e. The molecule has 2 N–H and O–H groups in total. The lowest BCUT2D eigenvalue weighted by atomic mass is 9.97. The van der Waals surface area contributed by atoms with Crippen molar-refractivity contribution in [3.05, 3.63) is 35.4 Å². The van der Waals surface area contributed by atoms with Gasteiger partial charge in [0.25, 0.3) is 0 Å². The van der Waals surface area contributed by atoms with Gasteiger partial charge in [0.2, 0.25) is 5.91 Å². The molecule has 1 aromatic carbocycles. The van der Waals surface area contributed by atoms with Gasteiger partial charge in [-0.3, -0.25) is 4.79 Å². The summed E-state index contributed by atoms with van der Waals surface area (Å²) in [5, 5.41) is 12.0. The summed E-state index contributed by atoms with van der Waals surface area (Å²) in [6.45, 7) is 5.76. The first-order valence-corrected chi connectivity index (χ1v) is 8.31. The quantitative estimate of drug-likeness (QED) is 0.877. The van der Waals surface area contributed by atoms with Gasteiger partial charge in [0.15, 0.2) is 0 Å². The Hall–Kier alpha value is -2.04. The molecule has 1 heterocycles. The molecule has 2 rings (SSSR count). The van der Waals surface area contributed by atoms with E-state index in [1.807, 2.05) is 0 Å². The van der Waals surface area contributed by atoms with Gasteiger partial charge in [0.05, 0.1) is 5.92 Å². The SMILES string of the molecule is CC(C)c1ccc(CCNC(=O)C2CCCN(C(=O)O)C2)cc1. The van der Waals surface area contributed by atoms with E-state index in [4.69, 9.17) is 5.11 Å². The van der Waals surface area contributed by atoms with Crippen LogP contribution in [0.5, 0.6) is 0 Å². The van der Waals surface area contributed by atoms with Gasteiger partial charge in [-0.1, -0.05) is 38.1 Å². The topological polar surface area (TPSA) is 69.6 Å². The van der Waals surface area contributed by atoms with Crippen LogP contribution in [-0.4, -0.2) is 41.6 Å². The average Bonchev–Trinajstić information content (AvgIpc) is 2.55. The fourth-order valence-electron chi connectivity index (χ4n) is 2.91. The van der Waals surface area contributed by atoms with Crippen molar-refractivity contribution in [3.63, 3.8) is 0 Å². The Balaban J connectivity index is 1.77. The van der Waals surface area contributed by atoms with Crippen molar-refractivity contribution >= 4 is 12.0 Å². The number of nitrogens with zero attached hydrogens (tertiary/aromatic N) is 1. The number of carboxylic acid groups (broad SMARTS) is 1. The summed E-state index contributed by atoms with van der Waals surface area (Å²) in [7, 11) is 0. The molecule has 1 unspecified atom stereocenters. The molecule has 0 spiro atoms. The largest absolute Gasteiger partial charge is 0.465 e. The second kappa shape index (κ2) is 7.99. The van der Waals surface area contributed by atoms with Gasteiger partial charge in [-0.25, -0.2) is 4.79 Å². The van der Waals surface area contributed by atoms with Crippen LogP contribution in [0, 0.1) is 5.92 Å². The van der Waals surface area contributed by atoms with Crippen LogP contribution in [0.1, 0.15) is 43.7 Å². The number of likely N-dealkylation sites (tertiary alicyclic amines) is 1. The molecule has 0 radical (unpaired) electrons. The molecule has 0 aromatic heterocycles. The van der Waals surface area contributed by atoms with E-state index in [9.17, 15) is 9.59 Å². The van der Waals surface area contributed by atoms with E-state index in [2.05, 4.69) is 43.4 Å². The van der Waals surface area contributed by atoms with Gasteiger partial charge >= 0.3 is 6.09 Å². The third-order valence-corrected chi connectivity index (χ3v) is 4.42. The minimum atomic E-state index is -0.937. The lowest BCUT2D eigenvalue weighted by molar-refractivity contribution is -0.126. The van der Waals surface area contributed by atoms with E-state index in [1.165, 1.54) is 16.0 Å². The number of hydrogen-bond donors (Lipinski definition) is 2. The van der Waals surface area contributed by atoms with Gasteiger partial charge in [0.1, 0.15) is 0 Å². The number of hydrogen-bond acceptors (Lipinski definition) is 2. The summed E-state index contributed by atoms with van der Waals surface area (Å²) < 4.78 is 0. The fraction of sp³-hybridized carbons (Fsp3) is 0.556. The molecule has 5 heteroatoms. The zero-order chi connectivity index (χ0) is 16.8. The first-order chi connectivity index (χ1) is 11.0. The summed E-state index contributed by atoms with van der Waals surface area (Å²) in [4.78, 5) is 24.5. The van der Waals surface area contributed by atoms with Crippen LogP contribution in [0.3, 0.4) is 0 Å². The maximum atomic E-state index is 12.2. The highest BCUT2D eigenvalue weighted by Gasteiger charge is 2.27. The Bertz CT molecular complexity index is 540. The van der Waals surface area contributed by atoms with Gasteiger partial charge in [-0.05, 0) is 36.3 Å². The summed E-state index contributed by atoms with van der Waals surface area (Å²) in [5.41, 5.74) is 2.51. The van der Waals surface area contributed by atoms with E-state index in [-0.39, 0.29) is 11.8 Å². The second-order valence-corrected chi connectivity index (χ2v) is 6.51. The van der Waals surface area contributed by atoms with Crippen LogP contribution < -0.4 is 5.32 Å². The predicted molar refractivity (Wildman–Crippen MR) is 89.6 cm³/mol. The van der Waals surface area contributed by atoms with E-state index in [1.54, 1.807) is 0 Å². The second-order valence-electron chi connectivity index (χ2n) is 6.51. The maximum absolute atomic E-state index is 12.2. The van der Waals surface area contributed by atoms with Gasteiger partial charge in [-0.15, -0.1) is 0 Å². The van der Waals surface area contributed by atoms with Crippen LogP contribution in [0.2, 0.25) is 0 Å². The Morgan fingerprint density at radius 3 is 2.61 bits per heavy atom. The third kappa shape index (κ3) is 4.98. The van der Waals surface area contributed by atoms with E-state index >= 15 is 0 Å². The Morgan fingerprint density at radius 2 is 2.00 bits per heavy atom. The van der Waals surface area contributed by atoms with Crippen LogP contribution in [-0.2, 0) is 11.2 Å². The number of carbonyl (C=O) groups excluding carboxylic acids is 1. The molecule has 1 aromatic rings. The third-order valence-electron chi connectivity index (χ3n) is 4.42. The molecule has 1 aliphatic heterocycles. The maximum Gasteiger partial charge on any atom is 0.407 e. The minimum absolute atomic E-state index is 0.0326. The Labute approximate surface area is 137 Å². The van der Waals surface area contributed by atoms with Crippen molar-refractivity contribution in [3.8, 4) is 0 Å². The highest BCUT2D eigenvalue weighted by molar-refractivity contribution is 5.79. The van der Waals surface area contributed by atoms with Crippen molar-refractivity contribution in [1.82, 2.24) is 10.2 Å². The lowest BCUT2D eigenvalue weighted by Gasteiger charge is -2.29. The summed E-state index contributed by atoms with van der Waals surface area (Å²) >= 11 is 0. The molecule has 5 nitrogen and oxygen atoms in total. The molecule has 2 amide bonds. The summed E-state index contributed by atoms with van der Waals surface area (Å²) in [5.74, 6) is 0.269. The molecule has 1 aliphatic rings. The van der Waals surface area contributed by atoms with Crippen molar-refractivity contribution in [1.29, 1.82) is 0 Å². The molecule has 1 atom stereocenters. The number of rotatable bonds is 5. The van der Waals surface area contributed by atoms with Crippen molar-refractivity contribution in [2.24, 2.45) is 5.92 Å². The first kappa shape index (κ1) is 17.3. The number of amides is 2. The smallest absolute Gasteiger partial charge is 0.407 e. The monoisotopic (exact) mass is 318 g/mol. The van der Waals surface area contributed by atoms with Gasteiger partial charge < -0.3 is 15.3 Å². The van der Waals surface area contributed by atoms with Gasteiger partial charge in [0, 0.05) is 19.6 Å². The zero-order valence-corrected chi connectivity index (χ0v) is 13.9. The molecule has 1 fully saturated rings. The van der Waals surface area contributed by atoms with Crippen LogP contribution in [0.15, 0.2) is 24.3 Å². The Kier molecular flexibility index (Phi) is 6.02. The highest BCUT2D eigenvalue weighted by atomic mass is 16.4. The van der Waals surface area contributed by atoms with Crippen LogP contribution in [0.4, 0.5) is 4.79 Å². The van der Waals surface area contributed by atoms with Crippen LogP contribution in [0.25, 0.3) is 0 Å². The molecule has 126 valence electrons. The van der Waals surface area contributed by atoms with Crippen molar-refractivity contribution < 1.29 is 14.7 Å². The predicted octanol–water partition coefficient (Wildman–Crippen LogP) is 2.86. The molecule has 1 saturated heterocycles. The zero-order valence-electron chi connectivity index (χ0n) is 13.9. The standard InChI is InChI=1S/C18H26N2O3/c1-13(2)15-7-5-14(6-8-15)9-10-19-17(21)16-4-3-11-20(12-16)18(22)23/h5-8,13,16H,3-4,9-12H2,1-2H3,(H,19,21)(H,22,23). The normalized spacial score (nSPS) is 18.0. The summed E-state index contributed by atoms with van der Waals surface area (Å²) in [6, 6.07) is 8.48. The number of nitrogens with one attached hydrogen (secondary N) is 1. The van der Waals surface area contributed by atoms with Crippen molar-refractivity contribution in [2.45, 2.75) is 39.0 Å². The van der Waals surface area contributed by atoms with Crippen molar-refractivity contribution in [2.75, 3.05) is 19.6 Å². The summed E-state index contributed by atoms with van der Waals surface area (Å²) in [6.07, 6.45) is 1.37. The molecule has 0 bridgehead atoms. The molecular formula is C18H26N2O3. The van der Waals surface area contributed by atoms with Crippen LogP contribution >= 0.6 is 0 Å². The number of carbonyl (C=O) groups is 2. The van der Waals surface area contributed by atoms with Gasteiger partial charge in [-0.2, -0.15) is 0 Å². The molecule has 0 aliphatic carbocycles. The van der Waals surface area contributed by atoms with E-state index in [0.29, 0.717) is 25.6 Å². The lowest BCUT2D eigenvalue weighted by Crippen LogP contribution is -2.45. The first-order valence-electron chi connectivity index (χ1n) is 8.31. The van der Waals surface area contributed by atoms with E-state index in [0.717, 1.165) is 19.3 Å². The molecule has 0 saturated carbocycles. The van der Waals surface area contributed by atoms with E-state index < -0.39 is 6.09 Å². The number of benzene rings is 1. The highest BCUT2D eigenvalue weighted by Crippen LogP contribution is 2.17.